The Kier molecular flexibility index (Phi) is 1.15. The van der Waals surface area contributed by atoms with Crippen LogP contribution in [0.5, 0.6) is 0 Å². The molecule has 0 unspecified atom stereocenters. The molecule has 6 saturated carbocycles. The van der Waals surface area contributed by atoms with Crippen molar-refractivity contribution in [3.63, 3.8) is 0 Å². The van der Waals surface area contributed by atoms with Gasteiger partial charge < -0.3 is 9.31 Å². The minimum Gasteiger partial charge on any atom is -0.403 e. The van der Waals surface area contributed by atoms with E-state index in [9.17, 15) is 0 Å². The molecule has 4 heteroatoms. The molecule has 1 heterocycles. The fourth-order valence-corrected chi connectivity index (χ4v) is 7.81. The first-order valence-electron chi connectivity index (χ1n) is 7.34. The molecule has 0 spiro atoms. The van der Waals surface area contributed by atoms with Crippen molar-refractivity contribution in [3.8, 4) is 0 Å². The predicted molar refractivity (Wildman–Crippen MR) is 68.3 cm³/mol. The minimum absolute atomic E-state index is 0.0489. The second-order valence-electron chi connectivity index (χ2n) is 8.57. The Hall–Kier alpha value is 0.275. The fraction of sp³-hybridized carbons (Fsp3) is 1.00. The van der Waals surface area contributed by atoms with Gasteiger partial charge in [-0.2, -0.15) is 0 Å². The third-order valence-electron chi connectivity index (χ3n) is 8.25. The van der Waals surface area contributed by atoms with Gasteiger partial charge in [0, 0.05) is 5.31 Å². The maximum atomic E-state index is 6.68. The summed E-state index contributed by atoms with van der Waals surface area (Å²) in [5.41, 5.74) is -0.350. The van der Waals surface area contributed by atoms with Crippen LogP contribution in [0.15, 0.2) is 0 Å². The zero-order valence-electron chi connectivity index (χ0n) is 11.2. The van der Waals surface area contributed by atoms with Crippen LogP contribution in [0.1, 0.15) is 27.7 Å². The number of alkyl halides is 1. The van der Waals surface area contributed by atoms with Crippen LogP contribution in [0.25, 0.3) is 0 Å². The van der Waals surface area contributed by atoms with Crippen molar-refractivity contribution >= 4 is 18.7 Å². The smallest absolute Gasteiger partial charge is 0.403 e. The molecule has 1 saturated heterocycles. The van der Waals surface area contributed by atoms with E-state index in [0.29, 0.717) is 5.31 Å². The molecule has 0 bridgehead atoms. The summed E-state index contributed by atoms with van der Waals surface area (Å²) in [7, 11) is 0.0489. The average Bonchev–Trinajstić information content (AvgIpc) is 2.48. The van der Waals surface area contributed by atoms with E-state index in [0.717, 1.165) is 35.5 Å². The molecule has 0 N–H and O–H groups in total. The molecule has 7 aliphatic rings. The van der Waals surface area contributed by atoms with E-state index in [1.807, 2.05) is 0 Å². The predicted octanol–water partition coefficient (Wildman–Crippen LogP) is 2.56. The third kappa shape index (κ3) is 0.522. The lowest BCUT2D eigenvalue weighted by atomic mass is 8.91. The highest BCUT2D eigenvalue weighted by atomic mass is 35.5. The highest BCUT2D eigenvalue weighted by molar-refractivity contribution is 6.53. The summed E-state index contributed by atoms with van der Waals surface area (Å²) < 4.78 is 12.7. The van der Waals surface area contributed by atoms with E-state index in [1.165, 1.54) is 0 Å². The maximum absolute atomic E-state index is 6.68. The summed E-state index contributed by atoms with van der Waals surface area (Å²) in [6.07, 6.45) is 0. The van der Waals surface area contributed by atoms with Gasteiger partial charge in [-0.15, -0.1) is 11.6 Å². The summed E-state index contributed by atoms with van der Waals surface area (Å²) in [6, 6.07) is 0. The first-order chi connectivity index (χ1) is 8.29. The molecule has 0 aromatic carbocycles. The lowest BCUT2D eigenvalue weighted by molar-refractivity contribution is -0.541. The average molecular weight is 265 g/mol. The number of hydrogen-bond donors (Lipinski definition) is 0. The lowest BCUT2D eigenvalue weighted by Gasteiger charge is -3.10. The van der Waals surface area contributed by atoms with Crippen LogP contribution in [0.2, 0.25) is 5.31 Å². The van der Waals surface area contributed by atoms with Crippen LogP contribution in [0.3, 0.4) is 0 Å². The molecule has 0 atom stereocenters. The standard InChI is InChI=1S/C14H18BClO2/c1-11(2)12(3,4)18-15(17-11)13-5-8-6(13)10-7(13)9(5)14(8,10)16/h5-10H,1-4H3. The zero-order chi connectivity index (χ0) is 12.5. The van der Waals surface area contributed by atoms with Crippen LogP contribution >= 0.6 is 11.6 Å². The van der Waals surface area contributed by atoms with Gasteiger partial charge in [-0.05, 0) is 63.2 Å². The normalized spacial score (nSPS) is 73.5. The van der Waals surface area contributed by atoms with E-state index in [4.69, 9.17) is 20.9 Å². The van der Waals surface area contributed by atoms with E-state index in [-0.39, 0.29) is 23.2 Å². The molecule has 0 aromatic rings. The van der Waals surface area contributed by atoms with E-state index >= 15 is 0 Å². The molecule has 18 heavy (non-hydrogen) atoms. The first kappa shape index (κ1) is 10.1. The van der Waals surface area contributed by atoms with Gasteiger partial charge in [0.05, 0.1) is 16.1 Å². The van der Waals surface area contributed by atoms with Crippen LogP contribution in [-0.4, -0.2) is 23.2 Å². The molecule has 0 amide bonds. The Balaban J connectivity index is 1.38. The van der Waals surface area contributed by atoms with Crippen LogP contribution in [-0.2, 0) is 9.31 Å². The molecule has 0 radical (unpaired) electrons. The van der Waals surface area contributed by atoms with Crippen molar-refractivity contribution in [2.24, 2.45) is 35.5 Å². The van der Waals surface area contributed by atoms with Crippen LogP contribution in [0.4, 0.5) is 0 Å². The quantitative estimate of drug-likeness (QED) is 0.535. The maximum Gasteiger partial charge on any atom is 0.465 e. The second kappa shape index (κ2) is 2.05. The Morgan fingerprint density at radius 1 is 0.778 bits per heavy atom. The van der Waals surface area contributed by atoms with Gasteiger partial charge in [-0.3, -0.25) is 0 Å². The van der Waals surface area contributed by atoms with Crippen LogP contribution < -0.4 is 0 Å². The molecule has 0 aromatic heterocycles. The summed E-state index contributed by atoms with van der Waals surface area (Å²) >= 11 is 6.68. The Morgan fingerprint density at radius 3 is 1.56 bits per heavy atom. The highest BCUT2D eigenvalue weighted by Crippen LogP contribution is 3.12. The zero-order valence-corrected chi connectivity index (χ0v) is 12.0. The second-order valence-corrected chi connectivity index (χ2v) is 9.22. The van der Waals surface area contributed by atoms with Crippen molar-refractivity contribution in [3.05, 3.63) is 0 Å². The van der Waals surface area contributed by atoms with Gasteiger partial charge in [0.25, 0.3) is 0 Å². The molecule has 6 aliphatic carbocycles. The highest BCUT2D eigenvalue weighted by Gasteiger charge is 3.12. The third-order valence-corrected chi connectivity index (χ3v) is 9.00. The number of hydrogen-bond acceptors (Lipinski definition) is 2. The number of halogens is 1. The van der Waals surface area contributed by atoms with Crippen LogP contribution in [0, 0.1) is 35.5 Å². The van der Waals surface area contributed by atoms with Gasteiger partial charge in [0.15, 0.2) is 0 Å². The van der Waals surface area contributed by atoms with Gasteiger partial charge in [0.2, 0.25) is 0 Å². The van der Waals surface area contributed by atoms with Gasteiger partial charge in [-0.1, -0.05) is 0 Å². The van der Waals surface area contributed by atoms with Gasteiger partial charge in [-0.25, -0.2) is 0 Å². The molecule has 1 aliphatic heterocycles. The van der Waals surface area contributed by atoms with Crippen molar-refractivity contribution in [2.45, 2.75) is 49.1 Å². The summed E-state index contributed by atoms with van der Waals surface area (Å²) in [5, 5.41) is 0.404. The Morgan fingerprint density at radius 2 is 1.17 bits per heavy atom. The van der Waals surface area contributed by atoms with E-state index in [1.54, 1.807) is 0 Å². The first-order valence-corrected chi connectivity index (χ1v) is 7.72. The van der Waals surface area contributed by atoms with Crippen molar-refractivity contribution in [1.82, 2.24) is 0 Å². The van der Waals surface area contributed by atoms with Crippen molar-refractivity contribution < 1.29 is 9.31 Å². The summed E-state index contributed by atoms with van der Waals surface area (Å²) in [6.45, 7) is 8.66. The fourth-order valence-electron chi connectivity index (χ4n) is 7.00. The summed E-state index contributed by atoms with van der Waals surface area (Å²) in [4.78, 5) is 0.269. The minimum atomic E-state index is -0.175. The summed E-state index contributed by atoms with van der Waals surface area (Å²) in [5.74, 6) is 5.05. The van der Waals surface area contributed by atoms with E-state index < -0.39 is 0 Å². The Bertz CT molecular complexity index is 458. The van der Waals surface area contributed by atoms with E-state index in [2.05, 4.69) is 27.7 Å². The van der Waals surface area contributed by atoms with Crippen molar-refractivity contribution in [1.29, 1.82) is 0 Å². The van der Waals surface area contributed by atoms with Gasteiger partial charge >= 0.3 is 7.12 Å². The Labute approximate surface area is 113 Å². The van der Waals surface area contributed by atoms with Gasteiger partial charge in [0.1, 0.15) is 0 Å². The largest absolute Gasteiger partial charge is 0.465 e. The molecular weight excluding hydrogens is 246 g/mol. The molecule has 7 rings (SSSR count). The molecular formula is C14H18BClO2. The number of rotatable bonds is 1. The SMILES string of the molecule is CC1(C)OB(C23C4C5C2C2C3C4C52Cl)OC1(C)C. The van der Waals surface area contributed by atoms with Crippen molar-refractivity contribution in [2.75, 3.05) is 0 Å². The monoisotopic (exact) mass is 264 g/mol. The molecule has 96 valence electrons. The molecule has 7 fully saturated rings. The molecule has 2 nitrogen and oxygen atoms in total. The topological polar surface area (TPSA) is 18.5 Å². The lowest BCUT2D eigenvalue weighted by Crippen LogP contribution is -3.10.